The zero-order chi connectivity index (χ0) is 24.3. The number of amides is 1. The second kappa shape index (κ2) is 9.22. The molecule has 1 amide bonds. The molecule has 1 aromatic heterocycles. The van der Waals surface area contributed by atoms with Crippen molar-refractivity contribution in [3.05, 3.63) is 90.0 Å². The summed E-state index contributed by atoms with van der Waals surface area (Å²) in [4.78, 5) is 12.6. The molecule has 34 heavy (non-hydrogen) atoms. The van der Waals surface area contributed by atoms with Crippen molar-refractivity contribution in [3.63, 3.8) is 0 Å². The van der Waals surface area contributed by atoms with Crippen molar-refractivity contribution in [2.24, 2.45) is 0 Å². The van der Waals surface area contributed by atoms with E-state index >= 15 is 0 Å². The molecule has 0 atom stereocenters. The molecule has 0 saturated heterocycles. The molecule has 0 unspecified atom stereocenters. The van der Waals surface area contributed by atoms with Gasteiger partial charge in [0, 0.05) is 0 Å². The van der Waals surface area contributed by atoms with Gasteiger partial charge in [0.05, 0.1) is 24.1 Å². The molecule has 1 heterocycles. The Kier molecular flexibility index (Phi) is 6.17. The molecule has 0 aliphatic rings. The Morgan fingerprint density at radius 1 is 1.00 bits per heavy atom. The van der Waals surface area contributed by atoms with Crippen molar-refractivity contribution < 1.29 is 27.1 Å². The molecule has 0 bridgehead atoms. The van der Waals surface area contributed by atoms with E-state index in [4.69, 9.17) is 5.73 Å². The number of hydrogen-bond acceptors (Lipinski definition) is 5. The first-order valence-electron chi connectivity index (χ1n) is 9.88. The van der Waals surface area contributed by atoms with Crippen LogP contribution in [0.1, 0.15) is 16.1 Å². The van der Waals surface area contributed by atoms with Crippen LogP contribution in [0.5, 0.6) is 5.75 Å². The molecule has 0 aliphatic carbocycles. The normalized spacial score (nSPS) is 11.3. The first kappa shape index (κ1) is 22.8. The third-order valence-corrected chi connectivity index (χ3v) is 4.75. The number of benzene rings is 3. The molecule has 0 aliphatic heterocycles. The topological polar surface area (TPSA) is 95.1 Å². The van der Waals surface area contributed by atoms with Gasteiger partial charge >= 0.3 is 6.36 Å². The van der Waals surface area contributed by atoms with E-state index in [1.807, 2.05) is 0 Å². The number of nitrogens with zero attached hydrogens (tertiary/aromatic N) is 3. The first-order valence-corrected chi connectivity index (χ1v) is 9.88. The SMILES string of the molecule is Nc1ccc(-c2ccc(F)cc2)cc1NC(=O)c1cn(Cc2ccc(OC(F)(F)F)cc2)nn1. The van der Waals surface area contributed by atoms with Gasteiger partial charge in [-0.1, -0.05) is 35.5 Å². The van der Waals surface area contributed by atoms with E-state index < -0.39 is 12.3 Å². The Bertz CT molecular complexity index is 1300. The number of nitrogen functional groups attached to an aromatic ring is 1. The molecule has 0 spiro atoms. The van der Waals surface area contributed by atoms with Gasteiger partial charge in [0.1, 0.15) is 11.6 Å². The molecule has 174 valence electrons. The highest BCUT2D eigenvalue weighted by atomic mass is 19.4. The fraction of sp³-hybridized carbons (Fsp3) is 0.0870. The summed E-state index contributed by atoms with van der Waals surface area (Å²) < 4.78 is 55.2. The van der Waals surface area contributed by atoms with Gasteiger partial charge in [-0.15, -0.1) is 18.3 Å². The Balaban J connectivity index is 1.43. The van der Waals surface area contributed by atoms with Crippen LogP contribution >= 0.6 is 0 Å². The van der Waals surface area contributed by atoms with Gasteiger partial charge in [0.25, 0.3) is 5.91 Å². The number of nitrogens with two attached hydrogens (primary N) is 1. The second-order valence-electron chi connectivity index (χ2n) is 7.26. The van der Waals surface area contributed by atoms with Gasteiger partial charge in [0.2, 0.25) is 0 Å². The number of alkyl halides is 3. The van der Waals surface area contributed by atoms with Crippen LogP contribution < -0.4 is 15.8 Å². The number of anilines is 2. The molecule has 4 rings (SSSR count). The number of rotatable bonds is 6. The van der Waals surface area contributed by atoms with E-state index in [0.29, 0.717) is 16.9 Å². The number of nitrogens with one attached hydrogen (secondary N) is 1. The number of aromatic nitrogens is 3. The molecule has 11 heteroatoms. The maximum atomic E-state index is 13.2. The van der Waals surface area contributed by atoms with Gasteiger partial charge in [0.15, 0.2) is 5.69 Å². The number of carbonyl (C=O) groups excluding carboxylic acids is 1. The third-order valence-electron chi connectivity index (χ3n) is 4.75. The van der Waals surface area contributed by atoms with Gasteiger partial charge in [-0.2, -0.15) is 0 Å². The molecule has 0 fully saturated rings. The number of halogens is 4. The molecular weight excluding hydrogens is 454 g/mol. The molecule has 4 aromatic rings. The van der Waals surface area contributed by atoms with Gasteiger partial charge in [-0.05, 0) is 53.1 Å². The third kappa shape index (κ3) is 5.68. The van der Waals surface area contributed by atoms with Crippen LogP contribution in [-0.2, 0) is 6.54 Å². The lowest BCUT2D eigenvalue weighted by atomic mass is 10.0. The fourth-order valence-corrected chi connectivity index (χ4v) is 3.14. The molecule has 7 nitrogen and oxygen atoms in total. The van der Waals surface area contributed by atoms with E-state index in [1.54, 1.807) is 30.3 Å². The maximum Gasteiger partial charge on any atom is 0.573 e. The molecular formula is C23H17F4N5O2. The maximum absolute atomic E-state index is 13.2. The Morgan fingerprint density at radius 2 is 1.68 bits per heavy atom. The summed E-state index contributed by atoms with van der Waals surface area (Å²) in [6, 6.07) is 16.2. The van der Waals surface area contributed by atoms with Crippen LogP contribution in [-0.4, -0.2) is 27.3 Å². The van der Waals surface area contributed by atoms with E-state index in [9.17, 15) is 22.4 Å². The van der Waals surface area contributed by atoms with Gasteiger partial charge < -0.3 is 15.8 Å². The zero-order valence-corrected chi connectivity index (χ0v) is 17.4. The predicted octanol–water partition coefficient (Wildman–Crippen LogP) is 4.87. The zero-order valence-electron chi connectivity index (χ0n) is 17.4. The summed E-state index contributed by atoms with van der Waals surface area (Å²) >= 11 is 0. The quantitative estimate of drug-likeness (QED) is 0.309. The monoisotopic (exact) mass is 471 g/mol. The predicted molar refractivity (Wildman–Crippen MR) is 116 cm³/mol. The van der Waals surface area contributed by atoms with Crippen LogP contribution in [0.4, 0.5) is 28.9 Å². The lowest BCUT2D eigenvalue weighted by molar-refractivity contribution is -0.274. The van der Waals surface area contributed by atoms with Crippen LogP contribution in [0.25, 0.3) is 11.1 Å². The van der Waals surface area contributed by atoms with E-state index in [-0.39, 0.29) is 23.8 Å². The standard InChI is InChI=1S/C23H17F4N5O2/c24-17-6-3-15(4-7-17)16-5-10-19(28)20(11-16)29-22(33)21-13-32(31-30-21)12-14-1-8-18(9-2-14)34-23(25,26)27/h1-11,13H,12,28H2,(H,29,33). The lowest BCUT2D eigenvalue weighted by Gasteiger charge is -2.10. The second-order valence-corrected chi connectivity index (χ2v) is 7.26. The number of carbonyl (C=O) groups is 1. The highest BCUT2D eigenvalue weighted by Crippen LogP contribution is 2.28. The summed E-state index contributed by atoms with van der Waals surface area (Å²) in [7, 11) is 0. The van der Waals surface area contributed by atoms with Crippen LogP contribution in [0.3, 0.4) is 0 Å². The Hall–Kier alpha value is -4.41. The minimum absolute atomic E-state index is 0.0172. The van der Waals surface area contributed by atoms with E-state index in [2.05, 4.69) is 20.4 Å². The van der Waals surface area contributed by atoms with Gasteiger partial charge in [-0.25, -0.2) is 9.07 Å². The van der Waals surface area contributed by atoms with Crippen molar-refractivity contribution in [3.8, 4) is 16.9 Å². The lowest BCUT2D eigenvalue weighted by Crippen LogP contribution is -2.17. The van der Waals surface area contributed by atoms with Crippen LogP contribution in [0, 0.1) is 5.82 Å². The number of ether oxygens (including phenoxy) is 1. The summed E-state index contributed by atoms with van der Waals surface area (Å²) in [5.74, 6) is -1.25. The fourth-order valence-electron chi connectivity index (χ4n) is 3.14. The highest BCUT2D eigenvalue weighted by Gasteiger charge is 2.30. The minimum Gasteiger partial charge on any atom is -0.406 e. The molecule has 0 saturated carbocycles. The average molecular weight is 471 g/mol. The van der Waals surface area contributed by atoms with Gasteiger partial charge in [-0.3, -0.25) is 4.79 Å². The van der Waals surface area contributed by atoms with Crippen molar-refractivity contribution in [1.82, 2.24) is 15.0 Å². The summed E-state index contributed by atoms with van der Waals surface area (Å²) in [5.41, 5.74) is 8.77. The molecule has 3 N–H and O–H groups in total. The smallest absolute Gasteiger partial charge is 0.406 e. The van der Waals surface area contributed by atoms with Crippen molar-refractivity contribution in [2.45, 2.75) is 12.9 Å². The van der Waals surface area contributed by atoms with Crippen LogP contribution in [0.2, 0.25) is 0 Å². The van der Waals surface area contributed by atoms with E-state index in [0.717, 1.165) is 11.1 Å². The summed E-state index contributed by atoms with van der Waals surface area (Å²) in [6.45, 7) is 0.175. The van der Waals surface area contributed by atoms with Crippen molar-refractivity contribution in [2.75, 3.05) is 11.1 Å². The molecule has 3 aromatic carbocycles. The average Bonchev–Trinajstić information content (AvgIpc) is 3.25. The van der Waals surface area contributed by atoms with Crippen molar-refractivity contribution >= 4 is 17.3 Å². The summed E-state index contributed by atoms with van der Waals surface area (Å²) in [5, 5.41) is 10.4. The largest absolute Gasteiger partial charge is 0.573 e. The summed E-state index contributed by atoms with van der Waals surface area (Å²) in [6.07, 6.45) is -3.37. The Morgan fingerprint density at radius 3 is 2.35 bits per heavy atom. The first-order chi connectivity index (χ1) is 16.2. The van der Waals surface area contributed by atoms with Crippen LogP contribution in [0.15, 0.2) is 72.9 Å². The minimum atomic E-state index is -4.77. The van der Waals surface area contributed by atoms with Crippen molar-refractivity contribution in [1.29, 1.82) is 0 Å². The highest BCUT2D eigenvalue weighted by molar-refractivity contribution is 6.04. The number of hydrogen-bond donors (Lipinski definition) is 2. The Labute approximate surface area is 190 Å². The van der Waals surface area contributed by atoms with E-state index in [1.165, 1.54) is 47.3 Å². The molecule has 0 radical (unpaired) electrons.